The van der Waals surface area contributed by atoms with Crippen LogP contribution in [0.1, 0.15) is 52.4 Å². The molecule has 0 aromatic heterocycles. The fourth-order valence-corrected chi connectivity index (χ4v) is 2.43. The van der Waals surface area contributed by atoms with Gasteiger partial charge in [-0.15, -0.1) is 0 Å². The Balaban J connectivity index is 2.08. The first-order valence-electron chi connectivity index (χ1n) is 6.76. The quantitative estimate of drug-likeness (QED) is 0.601. The van der Waals surface area contributed by atoms with Crippen molar-refractivity contribution < 1.29 is 4.74 Å². The summed E-state index contributed by atoms with van der Waals surface area (Å²) in [6, 6.07) is 0. The molecule has 0 saturated heterocycles. The molecule has 0 aliphatic heterocycles. The van der Waals surface area contributed by atoms with Crippen molar-refractivity contribution in [3.63, 3.8) is 0 Å². The highest BCUT2D eigenvalue weighted by molar-refractivity contribution is 5.01. The van der Waals surface area contributed by atoms with E-state index < -0.39 is 0 Å². The standard InChI is InChI=1S/C15H26O/c1-3-5-6-7-13-16-15-11-9-14(8-4-2)10-12-15/h3,5-7,14-15H,4,8-13H2,1-2H3/t14-,15-. The molecule has 0 spiro atoms. The zero-order chi connectivity index (χ0) is 11.6. The molecule has 92 valence electrons. The summed E-state index contributed by atoms with van der Waals surface area (Å²) in [6.45, 7) is 5.09. The highest BCUT2D eigenvalue weighted by Gasteiger charge is 2.20. The van der Waals surface area contributed by atoms with Gasteiger partial charge in [-0.25, -0.2) is 0 Å². The van der Waals surface area contributed by atoms with E-state index in [0.717, 1.165) is 12.5 Å². The number of allylic oxidation sites excluding steroid dienone is 3. The minimum absolute atomic E-state index is 0.517. The monoisotopic (exact) mass is 222 g/mol. The predicted octanol–water partition coefficient (Wildman–Crippen LogP) is 4.49. The van der Waals surface area contributed by atoms with Crippen LogP contribution in [0, 0.1) is 5.92 Å². The van der Waals surface area contributed by atoms with Crippen molar-refractivity contribution in [2.75, 3.05) is 6.61 Å². The normalized spacial score (nSPS) is 26.9. The third kappa shape index (κ3) is 5.50. The Morgan fingerprint density at radius 1 is 1.12 bits per heavy atom. The van der Waals surface area contributed by atoms with Gasteiger partial charge in [0.2, 0.25) is 0 Å². The molecule has 0 N–H and O–H groups in total. The third-order valence-corrected chi connectivity index (χ3v) is 3.36. The first kappa shape index (κ1) is 13.5. The molecule has 0 unspecified atom stereocenters. The van der Waals surface area contributed by atoms with E-state index in [-0.39, 0.29) is 0 Å². The molecule has 0 heterocycles. The van der Waals surface area contributed by atoms with Crippen molar-refractivity contribution in [2.24, 2.45) is 5.92 Å². The van der Waals surface area contributed by atoms with E-state index in [2.05, 4.69) is 19.1 Å². The first-order chi connectivity index (χ1) is 7.86. The SMILES string of the molecule is CC=CC=CCO[C@H]1CC[C@H](CCC)CC1. The summed E-state index contributed by atoms with van der Waals surface area (Å²) >= 11 is 0. The summed E-state index contributed by atoms with van der Waals surface area (Å²) in [5.41, 5.74) is 0. The van der Waals surface area contributed by atoms with Gasteiger partial charge >= 0.3 is 0 Å². The number of hydrogen-bond acceptors (Lipinski definition) is 1. The van der Waals surface area contributed by atoms with Gasteiger partial charge in [0, 0.05) is 0 Å². The second-order valence-corrected chi connectivity index (χ2v) is 4.72. The minimum atomic E-state index is 0.517. The van der Waals surface area contributed by atoms with Crippen LogP contribution in [0.5, 0.6) is 0 Å². The Labute approximate surface area is 101 Å². The van der Waals surface area contributed by atoms with Gasteiger partial charge in [-0.3, -0.25) is 0 Å². The van der Waals surface area contributed by atoms with Gasteiger partial charge in [0.05, 0.1) is 12.7 Å². The molecule has 0 aromatic rings. The van der Waals surface area contributed by atoms with Crippen molar-refractivity contribution >= 4 is 0 Å². The van der Waals surface area contributed by atoms with Crippen molar-refractivity contribution in [2.45, 2.75) is 58.5 Å². The summed E-state index contributed by atoms with van der Waals surface area (Å²) in [5.74, 6) is 0.975. The van der Waals surface area contributed by atoms with Crippen molar-refractivity contribution in [3.05, 3.63) is 24.3 Å². The van der Waals surface area contributed by atoms with Crippen molar-refractivity contribution in [1.29, 1.82) is 0 Å². The molecule has 16 heavy (non-hydrogen) atoms. The average molecular weight is 222 g/mol. The summed E-state index contributed by atoms with van der Waals surface area (Å²) in [5, 5.41) is 0. The van der Waals surface area contributed by atoms with Gasteiger partial charge in [0.15, 0.2) is 0 Å². The molecular weight excluding hydrogens is 196 g/mol. The van der Waals surface area contributed by atoms with Gasteiger partial charge < -0.3 is 4.74 Å². The Bertz CT molecular complexity index is 209. The number of hydrogen-bond donors (Lipinski definition) is 0. The van der Waals surface area contributed by atoms with Gasteiger partial charge in [-0.1, -0.05) is 44.1 Å². The van der Waals surface area contributed by atoms with Crippen molar-refractivity contribution in [1.82, 2.24) is 0 Å². The lowest BCUT2D eigenvalue weighted by Gasteiger charge is -2.28. The lowest BCUT2D eigenvalue weighted by molar-refractivity contribution is 0.0336. The van der Waals surface area contributed by atoms with Crippen LogP contribution in [0.25, 0.3) is 0 Å². The van der Waals surface area contributed by atoms with Crippen LogP contribution in [0.3, 0.4) is 0 Å². The van der Waals surface area contributed by atoms with Gasteiger partial charge in [-0.2, -0.15) is 0 Å². The van der Waals surface area contributed by atoms with E-state index in [1.807, 2.05) is 19.1 Å². The zero-order valence-corrected chi connectivity index (χ0v) is 10.8. The number of ether oxygens (including phenoxy) is 1. The molecule has 1 aliphatic carbocycles. The zero-order valence-electron chi connectivity index (χ0n) is 10.8. The van der Waals surface area contributed by atoms with E-state index >= 15 is 0 Å². The molecule has 1 fully saturated rings. The van der Waals surface area contributed by atoms with Crippen LogP contribution in [0.4, 0.5) is 0 Å². The molecule has 1 aliphatic rings. The van der Waals surface area contributed by atoms with Crippen LogP contribution in [-0.4, -0.2) is 12.7 Å². The summed E-state index contributed by atoms with van der Waals surface area (Å²) in [4.78, 5) is 0. The second-order valence-electron chi connectivity index (χ2n) is 4.72. The van der Waals surface area contributed by atoms with Gasteiger partial charge in [0.25, 0.3) is 0 Å². The first-order valence-corrected chi connectivity index (χ1v) is 6.76. The molecule has 0 bridgehead atoms. The fraction of sp³-hybridized carbons (Fsp3) is 0.733. The summed E-state index contributed by atoms with van der Waals surface area (Å²) < 4.78 is 5.84. The predicted molar refractivity (Wildman–Crippen MR) is 70.6 cm³/mol. The van der Waals surface area contributed by atoms with Crippen LogP contribution in [-0.2, 0) is 4.74 Å². The summed E-state index contributed by atoms with van der Waals surface area (Å²) in [6.07, 6.45) is 16.8. The van der Waals surface area contributed by atoms with E-state index in [0.29, 0.717) is 6.10 Å². The van der Waals surface area contributed by atoms with E-state index in [4.69, 9.17) is 4.74 Å². The minimum Gasteiger partial charge on any atom is -0.374 e. The average Bonchev–Trinajstić information content (AvgIpc) is 2.31. The highest BCUT2D eigenvalue weighted by Crippen LogP contribution is 2.29. The fourth-order valence-electron chi connectivity index (χ4n) is 2.43. The molecule has 0 radical (unpaired) electrons. The van der Waals surface area contributed by atoms with Gasteiger partial charge in [-0.05, 0) is 38.5 Å². The molecule has 1 heteroatoms. The van der Waals surface area contributed by atoms with Crippen LogP contribution >= 0.6 is 0 Å². The molecular formula is C15H26O. The van der Waals surface area contributed by atoms with E-state index in [1.54, 1.807) is 0 Å². The Morgan fingerprint density at radius 3 is 2.50 bits per heavy atom. The van der Waals surface area contributed by atoms with Crippen LogP contribution < -0.4 is 0 Å². The van der Waals surface area contributed by atoms with Crippen LogP contribution in [0.2, 0.25) is 0 Å². The maximum Gasteiger partial charge on any atom is 0.0654 e. The van der Waals surface area contributed by atoms with Crippen LogP contribution in [0.15, 0.2) is 24.3 Å². The number of rotatable bonds is 6. The molecule has 1 saturated carbocycles. The third-order valence-electron chi connectivity index (χ3n) is 3.36. The maximum absolute atomic E-state index is 5.84. The molecule has 0 atom stereocenters. The second kappa shape index (κ2) is 8.58. The molecule has 1 nitrogen and oxygen atoms in total. The largest absolute Gasteiger partial charge is 0.374 e. The Hall–Kier alpha value is -0.560. The molecule has 0 amide bonds. The Kier molecular flexibility index (Phi) is 7.24. The van der Waals surface area contributed by atoms with Crippen molar-refractivity contribution in [3.8, 4) is 0 Å². The molecule has 0 aromatic carbocycles. The Morgan fingerprint density at radius 2 is 1.88 bits per heavy atom. The smallest absolute Gasteiger partial charge is 0.0654 e. The topological polar surface area (TPSA) is 9.23 Å². The van der Waals surface area contributed by atoms with E-state index in [9.17, 15) is 0 Å². The van der Waals surface area contributed by atoms with E-state index in [1.165, 1.54) is 38.5 Å². The van der Waals surface area contributed by atoms with Gasteiger partial charge in [0.1, 0.15) is 0 Å². The molecule has 1 rings (SSSR count). The lowest BCUT2D eigenvalue weighted by Crippen LogP contribution is -2.21. The summed E-state index contributed by atoms with van der Waals surface area (Å²) in [7, 11) is 0. The maximum atomic E-state index is 5.84. The lowest BCUT2D eigenvalue weighted by atomic mass is 9.85. The highest BCUT2D eigenvalue weighted by atomic mass is 16.5.